The highest BCUT2D eigenvalue weighted by Crippen LogP contribution is 2.44. The van der Waals surface area contributed by atoms with Crippen LogP contribution < -0.4 is 27.8 Å². The van der Waals surface area contributed by atoms with Gasteiger partial charge in [-0.05, 0) is 67.4 Å². The summed E-state index contributed by atoms with van der Waals surface area (Å²) in [6, 6.07) is 12.0. The molecule has 12 N–H and O–H groups in total. The predicted octanol–water partition coefficient (Wildman–Crippen LogP) is 1.64. The van der Waals surface area contributed by atoms with Gasteiger partial charge in [-0.25, -0.2) is 9.78 Å². The van der Waals surface area contributed by atoms with Crippen molar-refractivity contribution in [2.75, 3.05) is 6.54 Å². The van der Waals surface area contributed by atoms with E-state index >= 15 is 0 Å². The highest BCUT2D eigenvalue weighted by molar-refractivity contribution is 5.98. The molecule has 1 aromatic heterocycles. The van der Waals surface area contributed by atoms with Crippen LogP contribution in [0.2, 0.25) is 0 Å². The molecule has 13 heteroatoms. The summed E-state index contributed by atoms with van der Waals surface area (Å²) in [7, 11) is 0. The SMILES string of the molecule is CC(C)(C(=O)NCC(N)=O)c1cc(-c2nc3cc(C(=N)N)ccc3[nH]2)c(O)c(-c2cc(CNC(N)=O)ccc2O)c1. The molecule has 0 bridgehead atoms. The molecular formula is C28H30N8O5. The van der Waals surface area contributed by atoms with Crippen LogP contribution in [0.3, 0.4) is 0 Å². The van der Waals surface area contributed by atoms with Crippen molar-refractivity contribution in [2.45, 2.75) is 25.8 Å². The van der Waals surface area contributed by atoms with Gasteiger partial charge in [0.1, 0.15) is 23.2 Å². The van der Waals surface area contributed by atoms with Gasteiger partial charge in [-0.15, -0.1) is 0 Å². The lowest BCUT2D eigenvalue weighted by Crippen LogP contribution is -2.43. The van der Waals surface area contributed by atoms with Crippen LogP contribution in [0.4, 0.5) is 4.79 Å². The van der Waals surface area contributed by atoms with Crippen LogP contribution in [-0.4, -0.2) is 50.4 Å². The molecular weight excluding hydrogens is 528 g/mol. The number of amides is 4. The van der Waals surface area contributed by atoms with Gasteiger partial charge < -0.3 is 43.0 Å². The van der Waals surface area contributed by atoms with E-state index in [0.29, 0.717) is 27.7 Å². The second-order valence-corrected chi connectivity index (χ2v) is 9.99. The van der Waals surface area contributed by atoms with Crippen LogP contribution in [0.1, 0.15) is 30.5 Å². The van der Waals surface area contributed by atoms with Gasteiger partial charge in [0.25, 0.3) is 0 Å². The zero-order valence-electron chi connectivity index (χ0n) is 22.3. The number of hydrogen-bond donors (Lipinski definition) is 9. The summed E-state index contributed by atoms with van der Waals surface area (Å²) >= 11 is 0. The Morgan fingerprint density at radius 1 is 0.951 bits per heavy atom. The number of urea groups is 1. The maximum atomic E-state index is 13.1. The van der Waals surface area contributed by atoms with Crippen molar-refractivity contribution in [1.82, 2.24) is 20.6 Å². The number of benzene rings is 3. The van der Waals surface area contributed by atoms with Crippen molar-refractivity contribution in [1.29, 1.82) is 5.41 Å². The summed E-state index contributed by atoms with van der Waals surface area (Å²) in [6.07, 6.45) is 0. The average molecular weight is 559 g/mol. The number of primary amides is 2. The van der Waals surface area contributed by atoms with Crippen LogP contribution in [0.25, 0.3) is 33.5 Å². The van der Waals surface area contributed by atoms with Gasteiger partial charge in [0, 0.05) is 23.2 Å². The van der Waals surface area contributed by atoms with Crippen molar-refractivity contribution in [3.05, 3.63) is 65.2 Å². The predicted molar refractivity (Wildman–Crippen MR) is 153 cm³/mol. The molecule has 0 fully saturated rings. The number of nitrogens with two attached hydrogens (primary N) is 3. The molecule has 0 saturated carbocycles. The number of nitrogens with zero attached hydrogens (tertiary/aromatic N) is 1. The minimum absolute atomic E-state index is 0.0684. The Bertz CT molecular complexity index is 1710. The van der Waals surface area contributed by atoms with E-state index in [-0.39, 0.29) is 52.9 Å². The number of aromatic amines is 1. The van der Waals surface area contributed by atoms with Gasteiger partial charge in [-0.1, -0.05) is 6.07 Å². The quantitative estimate of drug-likeness (QED) is 0.108. The molecule has 13 nitrogen and oxygen atoms in total. The zero-order valence-corrected chi connectivity index (χ0v) is 22.3. The van der Waals surface area contributed by atoms with Crippen molar-refractivity contribution in [2.24, 2.45) is 17.2 Å². The fourth-order valence-corrected chi connectivity index (χ4v) is 4.30. The number of carbonyl (C=O) groups excluding carboxylic acids is 3. The molecule has 1 heterocycles. The van der Waals surface area contributed by atoms with Crippen LogP contribution in [0.5, 0.6) is 11.5 Å². The molecule has 0 atom stereocenters. The maximum Gasteiger partial charge on any atom is 0.312 e. The molecule has 212 valence electrons. The number of aromatic nitrogens is 2. The fraction of sp³-hybridized carbons (Fsp3) is 0.179. The van der Waals surface area contributed by atoms with Gasteiger partial charge in [-0.3, -0.25) is 15.0 Å². The number of H-pyrrole nitrogens is 1. The lowest BCUT2D eigenvalue weighted by atomic mass is 9.80. The molecule has 0 aliphatic rings. The van der Waals surface area contributed by atoms with E-state index < -0.39 is 23.3 Å². The highest BCUT2D eigenvalue weighted by Gasteiger charge is 2.32. The van der Waals surface area contributed by atoms with E-state index in [1.807, 2.05) is 0 Å². The van der Waals surface area contributed by atoms with Crippen molar-refractivity contribution in [3.63, 3.8) is 0 Å². The number of fused-ring (bicyclic) bond motifs is 1. The smallest absolute Gasteiger partial charge is 0.312 e. The first-order chi connectivity index (χ1) is 19.3. The number of aromatic hydroxyl groups is 2. The van der Waals surface area contributed by atoms with Gasteiger partial charge in [0.2, 0.25) is 11.8 Å². The van der Waals surface area contributed by atoms with E-state index in [9.17, 15) is 24.6 Å². The van der Waals surface area contributed by atoms with Gasteiger partial charge >= 0.3 is 6.03 Å². The molecule has 0 aliphatic heterocycles. The van der Waals surface area contributed by atoms with Gasteiger partial charge in [0.15, 0.2) is 0 Å². The number of rotatable bonds is 9. The molecule has 0 unspecified atom stereocenters. The zero-order chi connectivity index (χ0) is 30.1. The van der Waals surface area contributed by atoms with E-state index in [1.54, 1.807) is 56.3 Å². The molecule has 4 aromatic rings. The molecule has 3 aromatic carbocycles. The Balaban J connectivity index is 1.93. The minimum Gasteiger partial charge on any atom is -0.507 e. The Morgan fingerprint density at radius 2 is 1.66 bits per heavy atom. The molecule has 0 spiro atoms. The number of phenolic OH excluding ortho intramolecular Hbond substituents is 2. The van der Waals surface area contributed by atoms with E-state index in [4.69, 9.17) is 22.6 Å². The molecule has 41 heavy (non-hydrogen) atoms. The third kappa shape index (κ3) is 5.88. The summed E-state index contributed by atoms with van der Waals surface area (Å²) in [5, 5.41) is 35.0. The molecule has 4 amide bonds. The number of nitrogen functional groups attached to an aromatic ring is 1. The second-order valence-electron chi connectivity index (χ2n) is 9.99. The molecule has 0 aliphatic carbocycles. The molecule has 0 saturated heterocycles. The Hall–Kier alpha value is -5.59. The lowest BCUT2D eigenvalue weighted by molar-refractivity contribution is -0.128. The first-order valence-corrected chi connectivity index (χ1v) is 12.4. The molecule has 0 radical (unpaired) electrons. The highest BCUT2D eigenvalue weighted by atomic mass is 16.3. The van der Waals surface area contributed by atoms with Crippen LogP contribution in [0.15, 0.2) is 48.5 Å². The van der Waals surface area contributed by atoms with E-state index in [1.165, 1.54) is 6.07 Å². The first kappa shape index (κ1) is 28.4. The number of hydrogen-bond acceptors (Lipinski definition) is 7. The topological polar surface area (TPSA) is 246 Å². The normalized spacial score (nSPS) is 11.3. The Kier molecular flexibility index (Phi) is 7.54. The minimum atomic E-state index is -1.23. The maximum absolute atomic E-state index is 13.1. The second kappa shape index (κ2) is 10.9. The largest absolute Gasteiger partial charge is 0.507 e. The summed E-state index contributed by atoms with van der Waals surface area (Å²) < 4.78 is 0. The number of imidazole rings is 1. The van der Waals surface area contributed by atoms with E-state index in [2.05, 4.69) is 20.6 Å². The first-order valence-electron chi connectivity index (χ1n) is 12.4. The third-order valence-electron chi connectivity index (χ3n) is 6.69. The number of nitrogens with one attached hydrogen (secondary N) is 4. The van der Waals surface area contributed by atoms with Crippen molar-refractivity contribution < 1.29 is 24.6 Å². The number of phenols is 2. The fourth-order valence-electron chi connectivity index (χ4n) is 4.30. The van der Waals surface area contributed by atoms with Crippen LogP contribution in [0, 0.1) is 5.41 Å². The Labute approximate surface area is 234 Å². The van der Waals surface area contributed by atoms with Crippen molar-refractivity contribution in [3.8, 4) is 34.0 Å². The van der Waals surface area contributed by atoms with E-state index in [0.717, 1.165) is 0 Å². The van der Waals surface area contributed by atoms with Gasteiger partial charge in [-0.2, -0.15) is 0 Å². The number of carbonyl (C=O) groups is 3. The molecule has 4 rings (SSSR count). The summed E-state index contributed by atoms with van der Waals surface area (Å²) in [5.41, 5.74) is 18.0. The standard InChI is InChI=1S/C28H30N8O5/c1-28(2,26(40)33-12-22(29)38)15-9-17(16-7-13(3-6-21(16)37)11-34-27(32)41)23(39)18(10-15)25-35-19-5-4-14(24(30)31)8-20(19)36-25/h3-10,37,39H,11-12H2,1-2H3,(H2,29,38)(H3,30,31)(H,33,40)(H,35,36)(H3,32,34,41). The van der Waals surface area contributed by atoms with Crippen LogP contribution in [-0.2, 0) is 21.5 Å². The lowest BCUT2D eigenvalue weighted by Gasteiger charge is -2.26. The van der Waals surface area contributed by atoms with Crippen molar-refractivity contribution >= 4 is 34.7 Å². The number of amidine groups is 1. The monoisotopic (exact) mass is 558 g/mol. The third-order valence-corrected chi connectivity index (χ3v) is 6.69. The summed E-state index contributed by atoms with van der Waals surface area (Å²) in [5.74, 6) is -1.51. The van der Waals surface area contributed by atoms with Gasteiger partial charge in [0.05, 0.1) is 28.6 Å². The van der Waals surface area contributed by atoms with Crippen LogP contribution >= 0.6 is 0 Å². The summed E-state index contributed by atoms with van der Waals surface area (Å²) in [6.45, 7) is 2.97. The Morgan fingerprint density at radius 3 is 2.32 bits per heavy atom. The summed E-state index contributed by atoms with van der Waals surface area (Å²) in [4.78, 5) is 43.4. The average Bonchev–Trinajstić information content (AvgIpc) is 3.34.